The molecule has 4 aromatic rings. The van der Waals surface area contributed by atoms with Crippen LogP contribution in [0.25, 0.3) is 10.9 Å². The number of aromatic nitrogens is 1. The highest BCUT2D eigenvalue weighted by molar-refractivity contribution is 6.28. The SMILES string of the molecule is O=C(COC(=O)c1cc2ccccc2[nH]1)Nc1ccc2c(c1)C(=O)c1ccccc1C2=O. The fraction of sp³-hybridized carbons (Fsp3) is 0.0400. The molecule has 1 aliphatic rings. The first-order valence-electron chi connectivity index (χ1n) is 9.88. The zero-order chi connectivity index (χ0) is 22.2. The van der Waals surface area contributed by atoms with Crippen molar-refractivity contribution in [1.29, 1.82) is 0 Å². The molecule has 156 valence electrons. The standard InChI is InChI=1S/C25H16N2O5/c28-22(13-32-25(31)21-11-14-5-1-4-8-20(14)27-21)26-15-9-10-18-19(12-15)24(30)17-7-3-2-6-16(17)23(18)29/h1-12,27H,13H2,(H,26,28). The van der Waals surface area contributed by atoms with E-state index in [0.717, 1.165) is 10.9 Å². The minimum Gasteiger partial charge on any atom is -0.451 e. The Labute approximate surface area is 182 Å². The van der Waals surface area contributed by atoms with Crippen LogP contribution in [-0.4, -0.2) is 35.0 Å². The third kappa shape index (κ3) is 3.35. The molecule has 0 fully saturated rings. The smallest absolute Gasteiger partial charge is 0.355 e. The number of hydrogen-bond donors (Lipinski definition) is 2. The predicted octanol–water partition coefficient (Wildman–Crippen LogP) is 3.74. The molecule has 3 aromatic carbocycles. The number of nitrogens with one attached hydrogen (secondary N) is 2. The van der Waals surface area contributed by atoms with Gasteiger partial charge in [-0.1, -0.05) is 42.5 Å². The zero-order valence-electron chi connectivity index (χ0n) is 16.7. The number of anilines is 1. The van der Waals surface area contributed by atoms with Gasteiger partial charge >= 0.3 is 5.97 Å². The predicted molar refractivity (Wildman–Crippen MR) is 117 cm³/mol. The molecule has 1 heterocycles. The van der Waals surface area contributed by atoms with E-state index < -0.39 is 18.5 Å². The first kappa shape index (κ1) is 19.4. The Hall–Kier alpha value is -4.52. The van der Waals surface area contributed by atoms with Gasteiger partial charge in [0.05, 0.1) is 0 Å². The van der Waals surface area contributed by atoms with Gasteiger partial charge in [0, 0.05) is 38.8 Å². The van der Waals surface area contributed by atoms with E-state index in [2.05, 4.69) is 10.3 Å². The minimum absolute atomic E-state index is 0.224. The Morgan fingerprint density at radius 2 is 1.44 bits per heavy atom. The van der Waals surface area contributed by atoms with Crippen molar-refractivity contribution in [3.8, 4) is 0 Å². The number of fused-ring (bicyclic) bond motifs is 3. The van der Waals surface area contributed by atoms with E-state index in [0.29, 0.717) is 16.8 Å². The van der Waals surface area contributed by atoms with E-state index in [-0.39, 0.29) is 28.4 Å². The van der Waals surface area contributed by atoms with Crippen LogP contribution in [0.3, 0.4) is 0 Å². The Morgan fingerprint density at radius 1 is 0.781 bits per heavy atom. The molecule has 7 nitrogen and oxygen atoms in total. The van der Waals surface area contributed by atoms with Crippen LogP contribution in [0.1, 0.15) is 42.3 Å². The van der Waals surface area contributed by atoms with Crippen molar-refractivity contribution in [3.05, 3.63) is 101 Å². The molecule has 0 unspecified atom stereocenters. The summed E-state index contributed by atoms with van der Waals surface area (Å²) in [6, 6.07) is 20.2. The molecule has 0 saturated heterocycles. The molecule has 0 radical (unpaired) electrons. The molecule has 0 saturated carbocycles. The number of ketones is 2. The lowest BCUT2D eigenvalue weighted by Crippen LogP contribution is -2.23. The van der Waals surface area contributed by atoms with E-state index in [1.54, 1.807) is 30.3 Å². The van der Waals surface area contributed by atoms with Crippen molar-refractivity contribution in [2.45, 2.75) is 0 Å². The lowest BCUT2D eigenvalue weighted by molar-refractivity contribution is -0.119. The Morgan fingerprint density at radius 3 is 2.19 bits per heavy atom. The van der Waals surface area contributed by atoms with Gasteiger partial charge in [-0.25, -0.2) is 4.79 Å². The van der Waals surface area contributed by atoms with E-state index in [1.165, 1.54) is 18.2 Å². The topological polar surface area (TPSA) is 105 Å². The van der Waals surface area contributed by atoms with Gasteiger partial charge in [-0.3, -0.25) is 14.4 Å². The molecular formula is C25H16N2O5. The first-order chi connectivity index (χ1) is 15.5. The highest BCUT2D eigenvalue weighted by Gasteiger charge is 2.29. The fourth-order valence-corrected chi connectivity index (χ4v) is 3.77. The van der Waals surface area contributed by atoms with Crippen molar-refractivity contribution >= 4 is 40.0 Å². The summed E-state index contributed by atoms with van der Waals surface area (Å²) >= 11 is 0. The van der Waals surface area contributed by atoms with Gasteiger partial charge in [0.1, 0.15) is 5.69 Å². The van der Waals surface area contributed by atoms with Crippen molar-refractivity contribution in [2.75, 3.05) is 11.9 Å². The van der Waals surface area contributed by atoms with Gasteiger partial charge in [0.2, 0.25) is 0 Å². The summed E-state index contributed by atoms with van der Waals surface area (Å²) < 4.78 is 5.09. The largest absolute Gasteiger partial charge is 0.451 e. The highest BCUT2D eigenvalue weighted by Crippen LogP contribution is 2.29. The molecule has 1 aromatic heterocycles. The van der Waals surface area contributed by atoms with Crippen LogP contribution in [0.15, 0.2) is 72.8 Å². The number of benzene rings is 3. The van der Waals surface area contributed by atoms with Gasteiger partial charge in [0.15, 0.2) is 18.2 Å². The Bertz CT molecular complexity index is 1400. The number of carbonyl (C=O) groups is 4. The highest BCUT2D eigenvalue weighted by atomic mass is 16.5. The molecule has 0 atom stereocenters. The van der Waals surface area contributed by atoms with Crippen LogP contribution in [-0.2, 0) is 9.53 Å². The second kappa shape index (κ2) is 7.63. The maximum atomic E-state index is 12.8. The maximum absolute atomic E-state index is 12.8. The maximum Gasteiger partial charge on any atom is 0.355 e. The quantitative estimate of drug-likeness (QED) is 0.428. The number of hydrogen-bond acceptors (Lipinski definition) is 5. The van der Waals surface area contributed by atoms with Crippen LogP contribution >= 0.6 is 0 Å². The molecule has 2 N–H and O–H groups in total. The summed E-state index contributed by atoms with van der Waals surface area (Å²) in [6.45, 7) is -0.499. The number of H-pyrrole nitrogens is 1. The third-order valence-corrected chi connectivity index (χ3v) is 5.29. The number of amides is 1. The fourth-order valence-electron chi connectivity index (χ4n) is 3.77. The van der Waals surface area contributed by atoms with Crippen LogP contribution in [0.2, 0.25) is 0 Å². The van der Waals surface area contributed by atoms with Crippen LogP contribution in [0.4, 0.5) is 5.69 Å². The molecule has 0 spiro atoms. The molecule has 7 heteroatoms. The monoisotopic (exact) mass is 424 g/mol. The molecular weight excluding hydrogens is 408 g/mol. The first-order valence-corrected chi connectivity index (χ1v) is 9.88. The summed E-state index contributed by atoms with van der Waals surface area (Å²) in [6.07, 6.45) is 0. The molecule has 0 bridgehead atoms. The van der Waals surface area contributed by atoms with E-state index in [1.807, 2.05) is 24.3 Å². The minimum atomic E-state index is -0.654. The summed E-state index contributed by atoms with van der Waals surface area (Å²) in [7, 11) is 0. The van der Waals surface area contributed by atoms with Crippen LogP contribution in [0.5, 0.6) is 0 Å². The summed E-state index contributed by atoms with van der Waals surface area (Å²) in [5, 5.41) is 3.45. The van der Waals surface area contributed by atoms with Crippen LogP contribution < -0.4 is 5.32 Å². The third-order valence-electron chi connectivity index (χ3n) is 5.29. The van der Waals surface area contributed by atoms with Crippen molar-refractivity contribution < 1.29 is 23.9 Å². The second-order valence-electron chi connectivity index (χ2n) is 7.36. The van der Waals surface area contributed by atoms with Gasteiger partial charge in [-0.2, -0.15) is 0 Å². The van der Waals surface area contributed by atoms with Crippen LogP contribution in [0, 0.1) is 0 Å². The Balaban J connectivity index is 1.27. The normalized spacial score (nSPS) is 12.2. The number of aromatic amines is 1. The number of esters is 1. The van der Waals surface area contributed by atoms with Gasteiger partial charge in [0.25, 0.3) is 5.91 Å². The van der Waals surface area contributed by atoms with Gasteiger partial charge in [-0.05, 0) is 30.3 Å². The zero-order valence-corrected chi connectivity index (χ0v) is 16.7. The van der Waals surface area contributed by atoms with Crippen molar-refractivity contribution in [2.24, 2.45) is 0 Å². The summed E-state index contributed by atoms with van der Waals surface area (Å²) in [5.74, 6) is -1.74. The summed E-state index contributed by atoms with van der Waals surface area (Å²) in [4.78, 5) is 52.9. The van der Waals surface area contributed by atoms with Crippen molar-refractivity contribution in [1.82, 2.24) is 4.98 Å². The average molecular weight is 424 g/mol. The summed E-state index contributed by atoms with van der Waals surface area (Å²) in [5.41, 5.74) is 2.58. The number of ether oxygens (including phenoxy) is 1. The lowest BCUT2D eigenvalue weighted by atomic mass is 9.84. The van der Waals surface area contributed by atoms with Gasteiger partial charge in [-0.15, -0.1) is 0 Å². The molecule has 0 aliphatic heterocycles. The van der Waals surface area contributed by atoms with E-state index in [9.17, 15) is 19.2 Å². The van der Waals surface area contributed by atoms with Crippen molar-refractivity contribution in [3.63, 3.8) is 0 Å². The lowest BCUT2D eigenvalue weighted by Gasteiger charge is -2.18. The molecule has 1 amide bonds. The van der Waals surface area contributed by atoms with Gasteiger partial charge < -0.3 is 15.0 Å². The number of rotatable bonds is 4. The molecule has 5 rings (SSSR count). The van der Waals surface area contributed by atoms with E-state index in [4.69, 9.17) is 4.74 Å². The molecule has 1 aliphatic carbocycles. The van der Waals surface area contributed by atoms with E-state index >= 15 is 0 Å². The number of para-hydroxylation sites is 1. The Kier molecular flexibility index (Phi) is 4.63. The second-order valence-corrected chi connectivity index (χ2v) is 7.36. The average Bonchev–Trinajstić information content (AvgIpc) is 3.25. The number of carbonyl (C=O) groups excluding carboxylic acids is 4. The molecule has 32 heavy (non-hydrogen) atoms.